The van der Waals surface area contributed by atoms with Gasteiger partial charge < -0.3 is 5.32 Å². The standard InChI is InChI=1S/C15H27N3/c1-2-3-4-14-9-15(17-10-13-5-6-13)12-18(11-14)8-7-16/h13-15,17H,2-6,8-12H2,1H3. The third kappa shape index (κ3) is 4.59. The summed E-state index contributed by atoms with van der Waals surface area (Å²) in [7, 11) is 0. The van der Waals surface area contributed by atoms with Gasteiger partial charge in [-0.3, -0.25) is 4.90 Å². The van der Waals surface area contributed by atoms with Crippen LogP contribution in [0.1, 0.15) is 45.4 Å². The predicted octanol–water partition coefficient (Wildman–Crippen LogP) is 2.39. The molecule has 2 fully saturated rings. The van der Waals surface area contributed by atoms with Gasteiger partial charge in [-0.15, -0.1) is 0 Å². The van der Waals surface area contributed by atoms with Gasteiger partial charge in [0.15, 0.2) is 0 Å². The van der Waals surface area contributed by atoms with Crippen molar-refractivity contribution >= 4 is 0 Å². The van der Waals surface area contributed by atoms with Gasteiger partial charge >= 0.3 is 0 Å². The Morgan fingerprint density at radius 2 is 2.11 bits per heavy atom. The first-order valence-corrected chi connectivity index (χ1v) is 7.64. The second-order valence-electron chi connectivity index (χ2n) is 6.14. The molecule has 0 aromatic carbocycles. The fraction of sp³-hybridized carbons (Fsp3) is 0.933. The van der Waals surface area contributed by atoms with E-state index >= 15 is 0 Å². The van der Waals surface area contributed by atoms with E-state index in [1.54, 1.807) is 0 Å². The summed E-state index contributed by atoms with van der Waals surface area (Å²) >= 11 is 0. The van der Waals surface area contributed by atoms with E-state index in [9.17, 15) is 0 Å². The van der Waals surface area contributed by atoms with E-state index < -0.39 is 0 Å². The van der Waals surface area contributed by atoms with Crippen molar-refractivity contribution in [3.63, 3.8) is 0 Å². The molecule has 18 heavy (non-hydrogen) atoms. The van der Waals surface area contributed by atoms with Gasteiger partial charge in [-0.25, -0.2) is 0 Å². The highest BCUT2D eigenvalue weighted by molar-refractivity contribution is 4.89. The average Bonchev–Trinajstić information content (AvgIpc) is 3.18. The molecule has 0 aromatic rings. The minimum Gasteiger partial charge on any atom is -0.312 e. The summed E-state index contributed by atoms with van der Waals surface area (Å²) in [4.78, 5) is 2.34. The van der Waals surface area contributed by atoms with Gasteiger partial charge in [-0.2, -0.15) is 5.26 Å². The highest BCUT2D eigenvalue weighted by Gasteiger charge is 2.28. The Bertz CT molecular complexity index is 280. The Labute approximate surface area is 112 Å². The third-order valence-electron chi connectivity index (χ3n) is 4.27. The van der Waals surface area contributed by atoms with Crippen LogP contribution < -0.4 is 5.32 Å². The summed E-state index contributed by atoms with van der Waals surface area (Å²) < 4.78 is 0. The Hall–Kier alpha value is -0.590. The minimum absolute atomic E-state index is 0.601. The summed E-state index contributed by atoms with van der Waals surface area (Å²) in [6.45, 7) is 6.27. The van der Waals surface area contributed by atoms with Crippen LogP contribution in [0, 0.1) is 23.2 Å². The first kappa shape index (κ1) is 13.8. The van der Waals surface area contributed by atoms with Crippen LogP contribution in [0.3, 0.4) is 0 Å². The quantitative estimate of drug-likeness (QED) is 0.704. The van der Waals surface area contributed by atoms with Crippen LogP contribution in [0.2, 0.25) is 0 Å². The molecular formula is C15H27N3. The maximum Gasteiger partial charge on any atom is 0.0866 e. The SMILES string of the molecule is CCCCC1CC(NCC2CC2)CN(CC#N)C1. The highest BCUT2D eigenvalue weighted by Crippen LogP contribution is 2.28. The summed E-state index contributed by atoms with van der Waals surface area (Å²) in [5.41, 5.74) is 0. The number of hydrogen-bond acceptors (Lipinski definition) is 3. The number of nitrogens with zero attached hydrogens (tertiary/aromatic N) is 2. The lowest BCUT2D eigenvalue weighted by molar-refractivity contribution is 0.148. The molecule has 0 radical (unpaired) electrons. The van der Waals surface area contributed by atoms with Gasteiger partial charge in [0, 0.05) is 19.1 Å². The van der Waals surface area contributed by atoms with E-state index in [0.29, 0.717) is 12.6 Å². The van der Waals surface area contributed by atoms with Gasteiger partial charge in [0.05, 0.1) is 12.6 Å². The van der Waals surface area contributed by atoms with E-state index in [0.717, 1.165) is 24.9 Å². The van der Waals surface area contributed by atoms with Crippen molar-refractivity contribution < 1.29 is 0 Å². The molecule has 0 bridgehead atoms. The molecule has 0 aromatic heterocycles. The van der Waals surface area contributed by atoms with Crippen LogP contribution >= 0.6 is 0 Å². The lowest BCUT2D eigenvalue weighted by atomic mass is 9.90. The Kier molecular flexibility index (Phi) is 5.46. The maximum atomic E-state index is 8.88. The highest BCUT2D eigenvalue weighted by atomic mass is 15.2. The molecule has 2 aliphatic rings. The maximum absolute atomic E-state index is 8.88. The smallest absolute Gasteiger partial charge is 0.0866 e. The fourth-order valence-corrected chi connectivity index (χ4v) is 3.04. The van der Waals surface area contributed by atoms with Crippen LogP contribution in [0.5, 0.6) is 0 Å². The predicted molar refractivity (Wildman–Crippen MR) is 74.2 cm³/mol. The van der Waals surface area contributed by atoms with Gasteiger partial charge in [-0.05, 0) is 44.1 Å². The van der Waals surface area contributed by atoms with E-state index in [4.69, 9.17) is 5.26 Å². The molecule has 2 rings (SSSR count). The molecule has 3 nitrogen and oxygen atoms in total. The lowest BCUT2D eigenvalue weighted by Crippen LogP contribution is -2.49. The Morgan fingerprint density at radius 1 is 1.28 bits per heavy atom. The normalized spacial score (nSPS) is 29.1. The van der Waals surface area contributed by atoms with Crippen LogP contribution in [0.15, 0.2) is 0 Å². The number of rotatable bonds is 7. The van der Waals surface area contributed by atoms with Gasteiger partial charge in [0.1, 0.15) is 0 Å². The topological polar surface area (TPSA) is 39.1 Å². The van der Waals surface area contributed by atoms with Gasteiger partial charge in [0.25, 0.3) is 0 Å². The first-order valence-electron chi connectivity index (χ1n) is 7.64. The van der Waals surface area contributed by atoms with Crippen molar-refractivity contribution in [2.45, 2.75) is 51.5 Å². The summed E-state index contributed by atoms with van der Waals surface area (Å²) in [6.07, 6.45) is 8.10. The zero-order chi connectivity index (χ0) is 12.8. The van der Waals surface area contributed by atoms with Gasteiger partial charge in [-0.1, -0.05) is 19.8 Å². The first-order chi connectivity index (χ1) is 8.81. The van der Waals surface area contributed by atoms with Crippen LogP contribution in [-0.2, 0) is 0 Å². The molecule has 2 unspecified atom stereocenters. The number of unbranched alkanes of at least 4 members (excludes halogenated alkanes) is 1. The Morgan fingerprint density at radius 3 is 2.78 bits per heavy atom. The average molecular weight is 249 g/mol. The number of likely N-dealkylation sites (tertiary alicyclic amines) is 1. The van der Waals surface area contributed by atoms with Crippen molar-refractivity contribution in [3.8, 4) is 6.07 Å². The van der Waals surface area contributed by atoms with Crippen molar-refractivity contribution in [1.29, 1.82) is 5.26 Å². The van der Waals surface area contributed by atoms with Crippen molar-refractivity contribution in [3.05, 3.63) is 0 Å². The molecule has 1 N–H and O–H groups in total. The van der Waals surface area contributed by atoms with Crippen LogP contribution in [0.25, 0.3) is 0 Å². The zero-order valence-electron chi connectivity index (χ0n) is 11.7. The van der Waals surface area contributed by atoms with Crippen molar-refractivity contribution in [2.24, 2.45) is 11.8 Å². The third-order valence-corrected chi connectivity index (χ3v) is 4.27. The van der Waals surface area contributed by atoms with Crippen molar-refractivity contribution in [1.82, 2.24) is 10.2 Å². The van der Waals surface area contributed by atoms with E-state index in [1.807, 2.05) is 0 Å². The minimum atomic E-state index is 0.601. The summed E-state index contributed by atoms with van der Waals surface area (Å²) in [5, 5.41) is 12.6. The molecule has 1 saturated heterocycles. The molecule has 1 aliphatic carbocycles. The number of nitrogens with one attached hydrogen (secondary N) is 1. The van der Waals surface area contributed by atoms with E-state index in [-0.39, 0.29) is 0 Å². The second kappa shape index (κ2) is 7.11. The van der Waals surface area contributed by atoms with E-state index in [1.165, 1.54) is 45.1 Å². The molecule has 0 spiro atoms. The molecule has 0 amide bonds. The molecule has 1 saturated carbocycles. The molecule has 1 aliphatic heterocycles. The Balaban J connectivity index is 1.77. The largest absolute Gasteiger partial charge is 0.312 e. The molecule has 1 heterocycles. The number of piperidine rings is 1. The molecule has 102 valence electrons. The van der Waals surface area contributed by atoms with Crippen molar-refractivity contribution in [2.75, 3.05) is 26.2 Å². The monoisotopic (exact) mass is 249 g/mol. The summed E-state index contributed by atoms with van der Waals surface area (Å²) in [6, 6.07) is 2.93. The zero-order valence-corrected chi connectivity index (χ0v) is 11.7. The summed E-state index contributed by atoms with van der Waals surface area (Å²) in [5.74, 6) is 1.74. The van der Waals surface area contributed by atoms with Gasteiger partial charge in [0.2, 0.25) is 0 Å². The number of hydrogen-bond donors (Lipinski definition) is 1. The number of nitriles is 1. The molecule has 2 atom stereocenters. The molecular weight excluding hydrogens is 222 g/mol. The van der Waals surface area contributed by atoms with Crippen LogP contribution in [-0.4, -0.2) is 37.1 Å². The molecule has 3 heteroatoms. The second-order valence-corrected chi connectivity index (χ2v) is 6.14. The fourth-order valence-electron chi connectivity index (χ4n) is 3.04. The lowest BCUT2D eigenvalue weighted by Gasteiger charge is -2.37. The van der Waals surface area contributed by atoms with E-state index in [2.05, 4.69) is 23.2 Å². The van der Waals surface area contributed by atoms with Crippen LogP contribution in [0.4, 0.5) is 0 Å².